The summed E-state index contributed by atoms with van der Waals surface area (Å²) in [5, 5.41) is 0. The Kier molecular flexibility index (Phi) is 5.59. The van der Waals surface area contributed by atoms with Gasteiger partial charge in [-0.25, -0.2) is 0 Å². The molecule has 0 aromatic carbocycles. The van der Waals surface area contributed by atoms with Crippen molar-refractivity contribution in [3.63, 3.8) is 0 Å². The molecule has 0 aliphatic rings. The molecule has 4 heteroatoms. The lowest BCUT2D eigenvalue weighted by molar-refractivity contribution is -0.118. The van der Waals surface area contributed by atoms with Crippen molar-refractivity contribution in [1.29, 1.82) is 0 Å². The van der Waals surface area contributed by atoms with Gasteiger partial charge in [-0.1, -0.05) is 0 Å². The molecule has 86 valence electrons. The first kappa shape index (κ1) is 13.8. The molecule has 4 nitrogen and oxygen atoms in total. The molecule has 0 aromatic heterocycles. The van der Waals surface area contributed by atoms with Crippen LogP contribution in [0.25, 0.3) is 0 Å². The Morgan fingerprint density at radius 1 is 1.07 bits per heavy atom. The van der Waals surface area contributed by atoms with E-state index in [0.29, 0.717) is 19.8 Å². The fraction of sp³-hybridized carbons (Fsp3) is 1.00. The Balaban J connectivity index is 3.72. The number of nitrogens with two attached hydrogens (primary N) is 2. The molecule has 0 spiro atoms. The van der Waals surface area contributed by atoms with E-state index in [4.69, 9.17) is 20.9 Å². The average molecular weight is 204 g/mol. The monoisotopic (exact) mass is 204 g/mol. The second kappa shape index (κ2) is 5.66. The van der Waals surface area contributed by atoms with Gasteiger partial charge in [0.25, 0.3) is 0 Å². The van der Waals surface area contributed by atoms with Crippen molar-refractivity contribution in [3.8, 4) is 0 Å². The maximum absolute atomic E-state index is 5.70. The third-order valence-corrected chi connectivity index (χ3v) is 1.63. The first-order chi connectivity index (χ1) is 6.27. The summed E-state index contributed by atoms with van der Waals surface area (Å²) in [7, 11) is 0. The molecule has 0 unspecified atom stereocenters. The highest BCUT2D eigenvalue weighted by Gasteiger charge is 2.22. The molecule has 0 heterocycles. The minimum atomic E-state index is -0.603. The lowest BCUT2D eigenvalue weighted by Gasteiger charge is -2.29. The number of hydrogen-bond donors (Lipinski definition) is 2. The molecule has 0 aliphatic heterocycles. The first-order valence-corrected chi connectivity index (χ1v) is 5.04. The molecule has 0 bridgehead atoms. The standard InChI is InChI=1S/C10H24N2O2/c1-9(2,13-7-5-6-11)8-14-10(3,4)12/h5-8,11-12H2,1-4H3. The second-order valence-corrected chi connectivity index (χ2v) is 4.64. The maximum Gasteiger partial charge on any atom is 0.111 e. The van der Waals surface area contributed by atoms with E-state index in [1.165, 1.54) is 0 Å². The predicted molar refractivity (Wildman–Crippen MR) is 57.9 cm³/mol. The van der Waals surface area contributed by atoms with Gasteiger partial charge < -0.3 is 20.9 Å². The van der Waals surface area contributed by atoms with Crippen LogP contribution in [-0.4, -0.2) is 31.1 Å². The smallest absolute Gasteiger partial charge is 0.111 e. The van der Waals surface area contributed by atoms with Crippen molar-refractivity contribution >= 4 is 0 Å². The van der Waals surface area contributed by atoms with Crippen LogP contribution >= 0.6 is 0 Å². The summed E-state index contributed by atoms with van der Waals surface area (Å²) in [6, 6.07) is 0. The number of rotatable bonds is 7. The van der Waals surface area contributed by atoms with Crippen molar-refractivity contribution < 1.29 is 9.47 Å². The van der Waals surface area contributed by atoms with Crippen LogP contribution in [0.5, 0.6) is 0 Å². The Labute approximate surface area is 86.9 Å². The van der Waals surface area contributed by atoms with Gasteiger partial charge in [0, 0.05) is 6.61 Å². The van der Waals surface area contributed by atoms with Crippen molar-refractivity contribution in [2.45, 2.75) is 45.4 Å². The van der Waals surface area contributed by atoms with Crippen molar-refractivity contribution in [2.75, 3.05) is 19.8 Å². The maximum atomic E-state index is 5.70. The molecular weight excluding hydrogens is 180 g/mol. The van der Waals surface area contributed by atoms with E-state index >= 15 is 0 Å². The molecule has 0 atom stereocenters. The van der Waals surface area contributed by atoms with Crippen LogP contribution in [0.15, 0.2) is 0 Å². The zero-order valence-corrected chi connectivity index (χ0v) is 9.80. The van der Waals surface area contributed by atoms with Gasteiger partial charge >= 0.3 is 0 Å². The van der Waals surface area contributed by atoms with E-state index in [2.05, 4.69) is 0 Å². The van der Waals surface area contributed by atoms with Crippen LogP contribution in [0.4, 0.5) is 0 Å². The predicted octanol–water partition coefficient (Wildman–Crippen LogP) is 0.842. The average Bonchev–Trinajstić information content (AvgIpc) is 2.00. The molecule has 0 saturated heterocycles. The summed E-state index contributed by atoms with van der Waals surface area (Å²) in [5.41, 5.74) is 10.2. The van der Waals surface area contributed by atoms with Gasteiger partial charge in [0.15, 0.2) is 0 Å². The zero-order valence-electron chi connectivity index (χ0n) is 9.80. The molecule has 0 saturated carbocycles. The Morgan fingerprint density at radius 2 is 1.64 bits per heavy atom. The van der Waals surface area contributed by atoms with Crippen LogP contribution in [-0.2, 0) is 9.47 Å². The van der Waals surface area contributed by atoms with Gasteiger partial charge in [-0.3, -0.25) is 0 Å². The number of ether oxygens (including phenoxy) is 2. The van der Waals surface area contributed by atoms with Crippen molar-refractivity contribution in [1.82, 2.24) is 0 Å². The van der Waals surface area contributed by atoms with Gasteiger partial charge in [-0.2, -0.15) is 0 Å². The molecule has 0 radical (unpaired) electrons. The van der Waals surface area contributed by atoms with Crippen LogP contribution < -0.4 is 11.5 Å². The summed E-state index contributed by atoms with van der Waals surface area (Å²) in [4.78, 5) is 0. The lowest BCUT2D eigenvalue weighted by Crippen LogP contribution is -2.42. The fourth-order valence-electron chi connectivity index (χ4n) is 0.833. The van der Waals surface area contributed by atoms with E-state index in [9.17, 15) is 0 Å². The highest BCUT2D eigenvalue weighted by Crippen LogP contribution is 2.13. The zero-order chi connectivity index (χ0) is 11.2. The minimum absolute atomic E-state index is 0.300. The Hall–Kier alpha value is -0.160. The second-order valence-electron chi connectivity index (χ2n) is 4.64. The van der Waals surface area contributed by atoms with Crippen molar-refractivity contribution in [3.05, 3.63) is 0 Å². The molecule has 0 rings (SSSR count). The number of hydrogen-bond acceptors (Lipinski definition) is 4. The Morgan fingerprint density at radius 3 is 2.07 bits per heavy atom. The molecular formula is C10H24N2O2. The van der Waals surface area contributed by atoms with Gasteiger partial charge in [-0.05, 0) is 40.7 Å². The van der Waals surface area contributed by atoms with E-state index in [0.717, 1.165) is 6.42 Å². The normalized spacial score (nSPS) is 13.3. The molecule has 0 aliphatic carbocycles. The summed E-state index contributed by atoms with van der Waals surface area (Å²) in [5.74, 6) is 0. The summed E-state index contributed by atoms with van der Waals surface area (Å²) < 4.78 is 11.1. The third-order valence-electron chi connectivity index (χ3n) is 1.63. The highest BCUT2D eigenvalue weighted by molar-refractivity contribution is 4.70. The fourth-order valence-corrected chi connectivity index (χ4v) is 0.833. The van der Waals surface area contributed by atoms with Crippen LogP contribution in [0.3, 0.4) is 0 Å². The molecule has 0 amide bonds. The molecule has 4 N–H and O–H groups in total. The highest BCUT2D eigenvalue weighted by atomic mass is 16.6. The first-order valence-electron chi connectivity index (χ1n) is 5.04. The quantitative estimate of drug-likeness (QED) is 0.476. The van der Waals surface area contributed by atoms with Crippen molar-refractivity contribution in [2.24, 2.45) is 11.5 Å². The molecule has 0 fully saturated rings. The van der Waals surface area contributed by atoms with Gasteiger partial charge in [0.05, 0.1) is 12.2 Å². The van der Waals surface area contributed by atoms with Crippen LogP contribution in [0.1, 0.15) is 34.1 Å². The van der Waals surface area contributed by atoms with E-state index < -0.39 is 5.72 Å². The van der Waals surface area contributed by atoms with Gasteiger partial charge in [0.2, 0.25) is 0 Å². The molecule has 0 aromatic rings. The third kappa shape index (κ3) is 8.44. The van der Waals surface area contributed by atoms with Crippen LogP contribution in [0, 0.1) is 0 Å². The lowest BCUT2D eigenvalue weighted by atomic mass is 10.1. The van der Waals surface area contributed by atoms with Gasteiger partial charge in [-0.15, -0.1) is 0 Å². The van der Waals surface area contributed by atoms with E-state index in [1.54, 1.807) is 0 Å². The Bertz CT molecular complexity index is 153. The minimum Gasteiger partial charge on any atom is -0.373 e. The molecule has 14 heavy (non-hydrogen) atoms. The van der Waals surface area contributed by atoms with Gasteiger partial charge in [0.1, 0.15) is 5.72 Å². The van der Waals surface area contributed by atoms with Crippen LogP contribution in [0.2, 0.25) is 0 Å². The summed E-state index contributed by atoms with van der Waals surface area (Å²) >= 11 is 0. The van der Waals surface area contributed by atoms with E-state index in [-0.39, 0.29) is 5.60 Å². The topological polar surface area (TPSA) is 70.5 Å². The van der Waals surface area contributed by atoms with E-state index in [1.807, 2.05) is 27.7 Å². The summed E-state index contributed by atoms with van der Waals surface area (Å²) in [6.07, 6.45) is 0.870. The summed E-state index contributed by atoms with van der Waals surface area (Å²) in [6.45, 7) is 9.41. The SMILES string of the molecule is CC(C)(N)OCC(C)(C)OCCCN. The largest absolute Gasteiger partial charge is 0.373 e.